The van der Waals surface area contributed by atoms with Crippen molar-refractivity contribution in [2.45, 2.75) is 13.0 Å². The lowest BCUT2D eigenvalue weighted by atomic mass is 9.94. The number of aliphatic hydroxyl groups is 1. The first-order valence-corrected chi connectivity index (χ1v) is 11.4. The van der Waals surface area contributed by atoms with Gasteiger partial charge in [0.2, 0.25) is 5.78 Å². The third-order valence-corrected chi connectivity index (χ3v) is 6.67. The Labute approximate surface area is 209 Å². The number of rotatable bonds is 4. The van der Waals surface area contributed by atoms with Crippen molar-refractivity contribution in [3.05, 3.63) is 110 Å². The van der Waals surface area contributed by atoms with Crippen LogP contribution in [0.15, 0.2) is 82.5 Å². The number of hydrogen-bond donors (Lipinski definition) is 1. The number of furan rings is 1. The number of Topliss-reactive ketones (excluding diaryl/α,β-unsaturated/α-hetero) is 1. The van der Waals surface area contributed by atoms with Gasteiger partial charge in [-0.25, -0.2) is 0 Å². The quantitative estimate of drug-likeness (QED) is 0.288. The minimum absolute atomic E-state index is 0.0252. The molecule has 0 fully saturated rings. The van der Waals surface area contributed by atoms with E-state index in [0.717, 1.165) is 5.56 Å². The molecule has 0 saturated heterocycles. The molecule has 5 rings (SSSR count). The van der Waals surface area contributed by atoms with Crippen LogP contribution in [0.3, 0.4) is 0 Å². The van der Waals surface area contributed by atoms with Crippen molar-refractivity contribution in [2.75, 3.05) is 4.90 Å². The number of halogens is 3. The summed E-state index contributed by atoms with van der Waals surface area (Å²) in [6.07, 6.45) is 0. The van der Waals surface area contributed by atoms with Gasteiger partial charge in [0.15, 0.2) is 11.5 Å². The second-order valence-electron chi connectivity index (χ2n) is 7.97. The number of carbonyl (C=O) groups excluding carboxylic acids is 2. The Morgan fingerprint density at radius 2 is 1.76 bits per heavy atom. The van der Waals surface area contributed by atoms with E-state index < -0.39 is 23.5 Å². The zero-order chi connectivity index (χ0) is 24.1. The Morgan fingerprint density at radius 1 is 0.971 bits per heavy atom. The maximum atomic E-state index is 13.7. The Balaban J connectivity index is 1.68. The van der Waals surface area contributed by atoms with Crippen molar-refractivity contribution >= 4 is 63.1 Å². The van der Waals surface area contributed by atoms with Crippen LogP contribution in [0.4, 0.5) is 5.69 Å². The van der Waals surface area contributed by atoms with E-state index in [9.17, 15) is 14.7 Å². The maximum absolute atomic E-state index is 13.7. The van der Waals surface area contributed by atoms with E-state index in [0.29, 0.717) is 32.3 Å². The fraction of sp³-hybridized carbons (Fsp3) is 0.0769. The SMILES string of the molecule is Cc1cccc(N2C(=O)C(O)=C(C(=O)c3cc4cc(Cl)ccc4o3)C2c2ccc(Cl)c(Cl)c2)c1. The highest BCUT2D eigenvalue weighted by Gasteiger charge is 2.45. The minimum atomic E-state index is -0.951. The number of nitrogens with zero attached hydrogens (tertiary/aromatic N) is 1. The summed E-state index contributed by atoms with van der Waals surface area (Å²) in [6.45, 7) is 1.89. The number of carbonyl (C=O) groups is 2. The van der Waals surface area contributed by atoms with Crippen molar-refractivity contribution in [2.24, 2.45) is 0 Å². The molecule has 0 bridgehead atoms. The highest BCUT2D eigenvalue weighted by molar-refractivity contribution is 6.42. The maximum Gasteiger partial charge on any atom is 0.294 e. The fourth-order valence-electron chi connectivity index (χ4n) is 4.14. The number of aryl methyl sites for hydroxylation is 1. The van der Waals surface area contributed by atoms with E-state index >= 15 is 0 Å². The van der Waals surface area contributed by atoms with Gasteiger partial charge < -0.3 is 9.52 Å². The molecule has 1 unspecified atom stereocenters. The molecular formula is C26H16Cl3NO4. The van der Waals surface area contributed by atoms with Gasteiger partial charge in [-0.15, -0.1) is 0 Å². The first kappa shape index (κ1) is 22.5. The van der Waals surface area contributed by atoms with E-state index in [1.165, 1.54) is 11.0 Å². The van der Waals surface area contributed by atoms with Gasteiger partial charge in [-0.05, 0) is 66.6 Å². The highest BCUT2D eigenvalue weighted by atomic mass is 35.5. The lowest BCUT2D eigenvalue weighted by Crippen LogP contribution is -2.31. The van der Waals surface area contributed by atoms with Crippen LogP contribution >= 0.6 is 34.8 Å². The van der Waals surface area contributed by atoms with Crippen LogP contribution in [0, 0.1) is 6.92 Å². The van der Waals surface area contributed by atoms with Crippen molar-refractivity contribution in [1.29, 1.82) is 0 Å². The number of ketones is 1. The van der Waals surface area contributed by atoms with Crippen LogP contribution in [-0.4, -0.2) is 16.8 Å². The molecular weight excluding hydrogens is 497 g/mol. The van der Waals surface area contributed by atoms with Crippen molar-refractivity contribution < 1.29 is 19.1 Å². The Morgan fingerprint density at radius 3 is 2.50 bits per heavy atom. The van der Waals surface area contributed by atoms with Crippen LogP contribution in [0.2, 0.25) is 15.1 Å². The predicted octanol–water partition coefficient (Wildman–Crippen LogP) is 7.48. The van der Waals surface area contributed by atoms with Crippen LogP contribution < -0.4 is 4.90 Å². The molecule has 4 aromatic rings. The standard InChI is InChI=1S/C26H16Cl3NO4/c1-13-3-2-4-17(9-13)30-23(14-5-7-18(28)19(29)11-14)22(25(32)26(30)33)24(31)21-12-15-10-16(27)6-8-20(15)34-21/h2-12,23,32H,1H3. The van der Waals surface area contributed by atoms with Gasteiger partial charge in [-0.2, -0.15) is 0 Å². The molecule has 1 N–H and O–H groups in total. The average molecular weight is 513 g/mol. The minimum Gasteiger partial charge on any atom is -0.503 e. The van der Waals surface area contributed by atoms with E-state index in [1.54, 1.807) is 54.6 Å². The zero-order valence-corrected chi connectivity index (χ0v) is 19.9. The Hall–Kier alpha value is -3.25. The molecule has 0 saturated carbocycles. The van der Waals surface area contributed by atoms with Crippen LogP contribution in [0.5, 0.6) is 0 Å². The van der Waals surface area contributed by atoms with Gasteiger partial charge in [-0.3, -0.25) is 14.5 Å². The first-order chi connectivity index (χ1) is 16.2. The van der Waals surface area contributed by atoms with Gasteiger partial charge in [0.1, 0.15) is 5.58 Å². The third kappa shape index (κ3) is 3.76. The second-order valence-corrected chi connectivity index (χ2v) is 9.23. The zero-order valence-electron chi connectivity index (χ0n) is 17.7. The molecule has 8 heteroatoms. The Kier molecular flexibility index (Phi) is 5.64. The number of anilines is 1. The average Bonchev–Trinajstić information content (AvgIpc) is 3.34. The lowest BCUT2D eigenvalue weighted by Gasteiger charge is -2.27. The summed E-state index contributed by atoms with van der Waals surface area (Å²) >= 11 is 18.4. The molecule has 2 heterocycles. The lowest BCUT2D eigenvalue weighted by molar-refractivity contribution is -0.117. The summed E-state index contributed by atoms with van der Waals surface area (Å²) in [4.78, 5) is 28.3. The van der Waals surface area contributed by atoms with Gasteiger partial charge in [-0.1, -0.05) is 53.0 Å². The summed E-state index contributed by atoms with van der Waals surface area (Å²) in [5, 5.41) is 12.6. The Bertz CT molecular complexity index is 1520. The van der Waals surface area contributed by atoms with E-state index in [2.05, 4.69) is 0 Å². The number of benzene rings is 3. The summed E-state index contributed by atoms with van der Waals surface area (Å²) < 4.78 is 5.74. The largest absolute Gasteiger partial charge is 0.503 e. The molecule has 170 valence electrons. The van der Waals surface area contributed by atoms with Crippen LogP contribution in [-0.2, 0) is 4.79 Å². The van der Waals surface area contributed by atoms with E-state index in [-0.39, 0.29) is 16.4 Å². The van der Waals surface area contributed by atoms with E-state index in [4.69, 9.17) is 39.2 Å². The molecule has 1 amide bonds. The first-order valence-electron chi connectivity index (χ1n) is 10.3. The highest BCUT2D eigenvalue weighted by Crippen LogP contribution is 2.43. The summed E-state index contributed by atoms with van der Waals surface area (Å²) in [7, 11) is 0. The van der Waals surface area contributed by atoms with Gasteiger partial charge in [0, 0.05) is 16.1 Å². The molecule has 5 nitrogen and oxygen atoms in total. The molecule has 3 aromatic carbocycles. The van der Waals surface area contributed by atoms with Crippen LogP contribution in [0.25, 0.3) is 11.0 Å². The molecule has 0 spiro atoms. The molecule has 0 aliphatic carbocycles. The number of aliphatic hydroxyl groups excluding tert-OH is 1. The van der Waals surface area contributed by atoms with E-state index in [1.807, 2.05) is 13.0 Å². The summed E-state index contributed by atoms with van der Waals surface area (Å²) in [5.74, 6) is -2.00. The molecule has 0 radical (unpaired) electrons. The summed E-state index contributed by atoms with van der Waals surface area (Å²) in [5.41, 5.74) is 2.28. The number of amides is 1. The van der Waals surface area contributed by atoms with Gasteiger partial charge in [0.25, 0.3) is 5.91 Å². The predicted molar refractivity (Wildman–Crippen MR) is 133 cm³/mol. The number of fused-ring (bicyclic) bond motifs is 1. The topological polar surface area (TPSA) is 70.8 Å². The normalized spacial score (nSPS) is 16.1. The van der Waals surface area contributed by atoms with Crippen LogP contribution in [0.1, 0.15) is 27.7 Å². The summed E-state index contributed by atoms with van der Waals surface area (Å²) in [6, 6.07) is 17.6. The smallest absolute Gasteiger partial charge is 0.294 e. The molecule has 1 aromatic heterocycles. The van der Waals surface area contributed by atoms with Gasteiger partial charge >= 0.3 is 0 Å². The third-order valence-electron chi connectivity index (χ3n) is 5.69. The molecule has 1 aliphatic heterocycles. The molecule has 1 atom stereocenters. The van der Waals surface area contributed by atoms with Crippen molar-refractivity contribution in [3.63, 3.8) is 0 Å². The second kappa shape index (κ2) is 8.51. The number of hydrogen-bond acceptors (Lipinski definition) is 4. The van der Waals surface area contributed by atoms with Gasteiger partial charge in [0.05, 0.1) is 21.7 Å². The monoisotopic (exact) mass is 511 g/mol. The molecule has 1 aliphatic rings. The van der Waals surface area contributed by atoms with Crippen molar-refractivity contribution in [1.82, 2.24) is 0 Å². The van der Waals surface area contributed by atoms with Crippen molar-refractivity contribution in [3.8, 4) is 0 Å². The fourth-order valence-corrected chi connectivity index (χ4v) is 4.63. The molecule has 34 heavy (non-hydrogen) atoms.